The molecule has 0 unspecified atom stereocenters. The summed E-state index contributed by atoms with van der Waals surface area (Å²) in [5, 5.41) is 8.56. The molecular formula is C7HBr2F3N2O. The first kappa shape index (κ1) is 12.3. The van der Waals surface area contributed by atoms with Crippen LogP contribution in [0.4, 0.5) is 13.2 Å². The van der Waals surface area contributed by atoms with Gasteiger partial charge in [0.05, 0.1) is 10.0 Å². The maximum Gasteiger partial charge on any atom is 0.573 e. The summed E-state index contributed by atoms with van der Waals surface area (Å²) < 4.78 is 39.4. The van der Waals surface area contributed by atoms with E-state index < -0.39 is 12.1 Å². The number of nitriles is 1. The number of ether oxygens (including phenoxy) is 1. The summed E-state index contributed by atoms with van der Waals surface area (Å²) in [4.78, 5) is 3.53. The van der Waals surface area contributed by atoms with Gasteiger partial charge in [0.1, 0.15) is 10.7 Å². The Labute approximate surface area is 99.1 Å². The van der Waals surface area contributed by atoms with Gasteiger partial charge < -0.3 is 4.74 Å². The third-order valence-electron chi connectivity index (χ3n) is 1.27. The average molecular weight is 346 g/mol. The Hall–Kier alpha value is -0.810. The maximum absolute atomic E-state index is 12.0. The van der Waals surface area contributed by atoms with Crippen LogP contribution in [-0.4, -0.2) is 11.3 Å². The van der Waals surface area contributed by atoms with Gasteiger partial charge in [0, 0.05) is 6.20 Å². The molecule has 0 amide bonds. The van der Waals surface area contributed by atoms with Crippen LogP contribution in [0.5, 0.6) is 5.75 Å². The van der Waals surface area contributed by atoms with Crippen LogP contribution in [0.15, 0.2) is 15.3 Å². The number of pyridine rings is 1. The highest BCUT2D eigenvalue weighted by atomic mass is 79.9. The molecule has 0 aliphatic rings. The molecule has 0 fully saturated rings. The fourth-order valence-corrected chi connectivity index (χ4v) is 1.84. The van der Waals surface area contributed by atoms with Gasteiger partial charge in [0.2, 0.25) is 0 Å². The predicted molar refractivity (Wildman–Crippen MR) is 51.0 cm³/mol. The molecule has 1 aromatic heterocycles. The molecule has 0 N–H and O–H groups in total. The van der Waals surface area contributed by atoms with Gasteiger partial charge in [-0.3, -0.25) is 0 Å². The number of hydrogen-bond acceptors (Lipinski definition) is 3. The molecule has 1 heterocycles. The van der Waals surface area contributed by atoms with Crippen LogP contribution in [-0.2, 0) is 0 Å². The quantitative estimate of drug-likeness (QED) is 0.733. The van der Waals surface area contributed by atoms with Crippen molar-refractivity contribution in [2.45, 2.75) is 6.36 Å². The van der Waals surface area contributed by atoms with Crippen molar-refractivity contribution in [1.29, 1.82) is 5.26 Å². The van der Waals surface area contributed by atoms with Gasteiger partial charge in [0.15, 0.2) is 5.75 Å². The zero-order chi connectivity index (χ0) is 11.6. The first-order chi connectivity index (χ1) is 6.85. The van der Waals surface area contributed by atoms with Gasteiger partial charge in [-0.25, -0.2) is 4.98 Å². The molecule has 0 aromatic carbocycles. The van der Waals surface area contributed by atoms with E-state index in [1.807, 2.05) is 0 Å². The molecule has 0 radical (unpaired) electrons. The van der Waals surface area contributed by atoms with Gasteiger partial charge >= 0.3 is 6.36 Å². The van der Waals surface area contributed by atoms with Crippen LogP contribution in [0.1, 0.15) is 5.56 Å². The molecule has 0 saturated carbocycles. The molecule has 0 bridgehead atoms. The Bertz CT molecular complexity index is 427. The third-order valence-corrected chi connectivity index (χ3v) is 2.62. The van der Waals surface area contributed by atoms with Crippen molar-refractivity contribution in [3.8, 4) is 11.8 Å². The Balaban J connectivity index is 3.23. The van der Waals surface area contributed by atoms with Crippen LogP contribution >= 0.6 is 31.9 Å². The predicted octanol–water partition coefficient (Wildman–Crippen LogP) is 3.38. The van der Waals surface area contributed by atoms with E-state index in [1.54, 1.807) is 6.07 Å². The Morgan fingerprint density at radius 2 is 2.00 bits per heavy atom. The minimum Gasteiger partial charge on any atom is -0.402 e. The second kappa shape index (κ2) is 4.37. The molecule has 0 aliphatic carbocycles. The molecule has 0 spiro atoms. The minimum atomic E-state index is -4.83. The van der Waals surface area contributed by atoms with E-state index in [4.69, 9.17) is 5.26 Å². The summed E-state index contributed by atoms with van der Waals surface area (Å²) in [5.74, 6) is -0.568. The van der Waals surface area contributed by atoms with Crippen LogP contribution in [0.3, 0.4) is 0 Å². The topological polar surface area (TPSA) is 45.9 Å². The molecular weight excluding hydrogens is 345 g/mol. The van der Waals surface area contributed by atoms with Crippen LogP contribution in [0.2, 0.25) is 0 Å². The summed E-state index contributed by atoms with van der Waals surface area (Å²) in [6.45, 7) is 0. The molecule has 1 rings (SSSR count). The Morgan fingerprint density at radius 3 is 2.47 bits per heavy atom. The third kappa shape index (κ3) is 3.07. The van der Waals surface area contributed by atoms with Crippen molar-refractivity contribution in [1.82, 2.24) is 4.98 Å². The molecule has 0 saturated heterocycles. The Kier molecular flexibility index (Phi) is 3.57. The molecule has 8 heteroatoms. The lowest BCUT2D eigenvalue weighted by atomic mass is 10.3. The second-order valence-electron chi connectivity index (χ2n) is 2.27. The number of alkyl halides is 3. The maximum atomic E-state index is 12.0. The van der Waals surface area contributed by atoms with E-state index >= 15 is 0 Å². The molecule has 1 aromatic rings. The number of halogens is 5. The van der Waals surface area contributed by atoms with E-state index in [-0.39, 0.29) is 14.6 Å². The fraction of sp³-hybridized carbons (Fsp3) is 0.143. The van der Waals surface area contributed by atoms with Crippen LogP contribution in [0.25, 0.3) is 0 Å². The monoisotopic (exact) mass is 344 g/mol. The highest BCUT2D eigenvalue weighted by Gasteiger charge is 2.33. The minimum absolute atomic E-state index is 0.0440. The smallest absolute Gasteiger partial charge is 0.402 e. The number of aromatic nitrogens is 1. The molecule has 15 heavy (non-hydrogen) atoms. The van der Waals surface area contributed by atoms with Crippen molar-refractivity contribution in [2.75, 3.05) is 0 Å². The van der Waals surface area contributed by atoms with E-state index in [0.717, 1.165) is 6.20 Å². The van der Waals surface area contributed by atoms with Crippen LogP contribution < -0.4 is 4.74 Å². The zero-order valence-corrected chi connectivity index (χ0v) is 9.94. The van der Waals surface area contributed by atoms with Crippen molar-refractivity contribution >= 4 is 31.9 Å². The lowest BCUT2D eigenvalue weighted by Crippen LogP contribution is -2.18. The van der Waals surface area contributed by atoms with Gasteiger partial charge in [-0.1, -0.05) is 0 Å². The first-order valence-electron chi connectivity index (χ1n) is 3.35. The second-order valence-corrected chi connectivity index (χ2v) is 3.81. The standard InChI is InChI=1S/C7HBr2F3N2O/c8-4-3(1-13)2-14-6(9)5(4)15-7(10,11)12/h2H. The lowest BCUT2D eigenvalue weighted by Gasteiger charge is -2.11. The van der Waals surface area contributed by atoms with Gasteiger partial charge in [-0.2, -0.15) is 5.26 Å². The summed E-state index contributed by atoms with van der Waals surface area (Å²) in [6.07, 6.45) is -3.71. The number of nitrogens with zero attached hydrogens (tertiary/aromatic N) is 2. The zero-order valence-electron chi connectivity index (χ0n) is 6.77. The van der Waals surface area contributed by atoms with Crippen LogP contribution in [0, 0.1) is 11.3 Å². The highest BCUT2D eigenvalue weighted by molar-refractivity contribution is 9.11. The van der Waals surface area contributed by atoms with Gasteiger partial charge in [-0.15, -0.1) is 13.2 Å². The van der Waals surface area contributed by atoms with E-state index in [1.165, 1.54) is 0 Å². The van der Waals surface area contributed by atoms with Gasteiger partial charge in [-0.05, 0) is 31.9 Å². The largest absolute Gasteiger partial charge is 0.573 e. The fourth-order valence-electron chi connectivity index (χ4n) is 0.730. The molecule has 3 nitrogen and oxygen atoms in total. The number of rotatable bonds is 1. The van der Waals surface area contributed by atoms with Crippen molar-refractivity contribution in [3.05, 3.63) is 20.8 Å². The van der Waals surface area contributed by atoms with Crippen molar-refractivity contribution in [2.24, 2.45) is 0 Å². The van der Waals surface area contributed by atoms with Crippen molar-refractivity contribution in [3.63, 3.8) is 0 Å². The van der Waals surface area contributed by atoms with E-state index in [0.29, 0.717) is 0 Å². The average Bonchev–Trinajstić information content (AvgIpc) is 2.11. The van der Waals surface area contributed by atoms with E-state index in [9.17, 15) is 13.2 Å². The summed E-state index contributed by atoms with van der Waals surface area (Å²) in [7, 11) is 0. The van der Waals surface area contributed by atoms with Gasteiger partial charge in [0.25, 0.3) is 0 Å². The molecule has 0 aliphatic heterocycles. The normalized spacial score (nSPS) is 10.9. The lowest BCUT2D eigenvalue weighted by molar-refractivity contribution is -0.275. The molecule has 80 valence electrons. The highest BCUT2D eigenvalue weighted by Crippen LogP contribution is 2.37. The SMILES string of the molecule is N#Cc1cnc(Br)c(OC(F)(F)F)c1Br. The summed E-state index contributed by atoms with van der Waals surface area (Å²) >= 11 is 5.61. The van der Waals surface area contributed by atoms with E-state index in [2.05, 4.69) is 41.6 Å². The molecule has 0 atom stereocenters. The number of hydrogen-bond donors (Lipinski definition) is 0. The first-order valence-corrected chi connectivity index (χ1v) is 4.93. The summed E-state index contributed by atoms with van der Waals surface area (Å²) in [5.41, 5.74) is -0.0440. The van der Waals surface area contributed by atoms with Crippen molar-refractivity contribution < 1.29 is 17.9 Å². The Morgan fingerprint density at radius 1 is 1.40 bits per heavy atom. The summed E-state index contributed by atoms with van der Waals surface area (Å²) in [6, 6.07) is 1.67.